The Labute approximate surface area is 98.8 Å². The minimum absolute atomic E-state index is 0.225. The smallest absolute Gasteiger partial charge is 0.236 e. The number of carbonyl (C=O) groups is 1. The van der Waals surface area contributed by atoms with Crippen molar-refractivity contribution >= 4 is 5.91 Å². The Morgan fingerprint density at radius 3 is 2.94 bits per heavy atom. The van der Waals surface area contributed by atoms with E-state index >= 15 is 0 Å². The van der Waals surface area contributed by atoms with E-state index in [0.29, 0.717) is 6.54 Å². The quantitative estimate of drug-likeness (QED) is 0.751. The van der Waals surface area contributed by atoms with Crippen LogP contribution in [-0.4, -0.2) is 55.0 Å². The molecule has 0 radical (unpaired) electrons. The van der Waals surface area contributed by atoms with Gasteiger partial charge in [-0.1, -0.05) is 13.3 Å². The Morgan fingerprint density at radius 1 is 1.56 bits per heavy atom. The zero-order valence-electron chi connectivity index (χ0n) is 10.6. The molecule has 0 aliphatic carbocycles. The van der Waals surface area contributed by atoms with Crippen LogP contribution >= 0.6 is 0 Å². The molecule has 4 nitrogen and oxygen atoms in total. The summed E-state index contributed by atoms with van der Waals surface area (Å²) in [4.78, 5) is 15.9. The largest absolute Gasteiger partial charge is 0.345 e. The Morgan fingerprint density at radius 2 is 2.31 bits per heavy atom. The van der Waals surface area contributed by atoms with Gasteiger partial charge in [0.2, 0.25) is 5.91 Å². The number of unbranched alkanes of at least 4 members (excludes halogenated alkanes) is 1. The number of rotatable bonds is 5. The highest BCUT2D eigenvalue weighted by atomic mass is 16.2. The van der Waals surface area contributed by atoms with Crippen molar-refractivity contribution in [3.8, 4) is 0 Å². The first-order valence-electron chi connectivity index (χ1n) is 6.35. The number of carbonyl (C=O) groups excluding carboxylic acids is 1. The molecule has 0 bridgehead atoms. The van der Waals surface area contributed by atoms with Gasteiger partial charge in [0.25, 0.3) is 0 Å². The second-order valence-electron chi connectivity index (χ2n) is 4.81. The molecule has 1 aliphatic heterocycles. The van der Waals surface area contributed by atoms with Gasteiger partial charge in [0.15, 0.2) is 0 Å². The lowest BCUT2D eigenvalue weighted by Crippen LogP contribution is -2.47. The summed E-state index contributed by atoms with van der Waals surface area (Å²) in [7, 11) is 1.89. The van der Waals surface area contributed by atoms with Gasteiger partial charge in [0.1, 0.15) is 0 Å². The average molecular weight is 227 g/mol. The van der Waals surface area contributed by atoms with Gasteiger partial charge in [-0.15, -0.1) is 0 Å². The van der Waals surface area contributed by atoms with E-state index in [0.717, 1.165) is 45.3 Å². The van der Waals surface area contributed by atoms with E-state index in [1.54, 1.807) is 0 Å². The SMILES string of the molecule is CCCCN(C)C(=O)CN1CCC[C@H](N)C1. The van der Waals surface area contributed by atoms with E-state index in [9.17, 15) is 4.79 Å². The summed E-state index contributed by atoms with van der Waals surface area (Å²) >= 11 is 0. The maximum Gasteiger partial charge on any atom is 0.236 e. The lowest BCUT2D eigenvalue weighted by Gasteiger charge is -2.31. The molecule has 1 amide bonds. The van der Waals surface area contributed by atoms with E-state index in [1.165, 1.54) is 0 Å². The predicted molar refractivity (Wildman–Crippen MR) is 66.2 cm³/mol. The van der Waals surface area contributed by atoms with E-state index in [4.69, 9.17) is 5.73 Å². The topological polar surface area (TPSA) is 49.6 Å². The first-order chi connectivity index (χ1) is 7.63. The second-order valence-corrected chi connectivity index (χ2v) is 4.81. The molecular weight excluding hydrogens is 202 g/mol. The minimum Gasteiger partial charge on any atom is -0.345 e. The predicted octanol–water partition coefficient (Wildman–Crippen LogP) is 0.668. The van der Waals surface area contributed by atoms with Crippen LogP contribution in [0.4, 0.5) is 0 Å². The highest BCUT2D eigenvalue weighted by Crippen LogP contribution is 2.08. The van der Waals surface area contributed by atoms with Crippen molar-refractivity contribution in [3.63, 3.8) is 0 Å². The maximum absolute atomic E-state index is 11.9. The normalized spacial score (nSPS) is 22.1. The summed E-state index contributed by atoms with van der Waals surface area (Å²) in [6.45, 7) is 5.43. The average Bonchev–Trinajstić information content (AvgIpc) is 2.25. The van der Waals surface area contributed by atoms with Gasteiger partial charge in [0.05, 0.1) is 6.54 Å². The van der Waals surface area contributed by atoms with Crippen molar-refractivity contribution in [2.24, 2.45) is 5.73 Å². The Hall–Kier alpha value is -0.610. The number of likely N-dealkylation sites (tertiary alicyclic amines) is 1. The summed E-state index contributed by atoms with van der Waals surface area (Å²) in [5.74, 6) is 0.225. The first-order valence-corrected chi connectivity index (χ1v) is 6.35. The molecule has 0 unspecified atom stereocenters. The van der Waals surface area contributed by atoms with Crippen molar-refractivity contribution in [1.82, 2.24) is 9.80 Å². The van der Waals surface area contributed by atoms with E-state index in [2.05, 4.69) is 11.8 Å². The fraction of sp³-hybridized carbons (Fsp3) is 0.917. The van der Waals surface area contributed by atoms with E-state index < -0.39 is 0 Å². The molecule has 1 heterocycles. The molecular formula is C12H25N3O. The van der Waals surface area contributed by atoms with Crippen LogP contribution in [0, 0.1) is 0 Å². The summed E-state index contributed by atoms with van der Waals surface area (Å²) in [5.41, 5.74) is 5.89. The molecule has 4 heteroatoms. The van der Waals surface area contributed by atoms with Crippen LogP contribution < -0.4 is 5.73 Å². The number of hydrogen-bond donors (Lipinski definition) is 1. The van der Waals surface area contributed by atoms with Gasteiger partial charge in [0, 0.05) is 26.2 Å². The third-order valence-electron chi connectivity index (χ3n) is 3.17. The van der Waals surface area contributed by atoms with Crippen molar-refractivity contribution in [2.45, 2.75) is 38.6 Å². The molecule has 1 rings (SSSR count). The van der Waals surface area contributed by atoms with Crippen LogP contribution in [0.1, 0.15) is 32.6 Å². The van der Waals surface area contributed by atoms with Crippen LogP contribution in [0.15, 0.2) is 0 Å². The van der Waals surface area contributed by atoms with Gasteiger partial charge in [-0.2, -0.15) is 0 Å². The third-order valence-corrected chi connectivity index (χ3v) is 3.17. The number of likely N-dealkylation sites (N-methyl/N-ethyl adjacent to an activating group) is 1. The molecule has 94 valence electrons. The molecule has 0 aromatic rings. The zero-order chi connectivity index (χ0) is 12.0. The van der Waals surface area contributed by atoms with Gasteiger partial charge in [-0.25, -0.2) is 0 Å². The van der Waals surface area contributed by atoms with Crippen LogP contribution in [-0.2, 0) is 4.79 Å². The fourth-order valence-corrected chi connectivity index (χ4v) is 2.07. The molecule has 16 heavy (non-hydrogen) atoms. The number of amides is 1. The summed E-state index contributed by atoms with van der Waals surface area (Å²) in [6, 6.07) is 0.252. The molecule has 0 aromatic heterocycles. The minimum atomic E-state index is 0.225. The van der Waals surface area contributed by atoms with Crippen molar-refractivity contribution in [2.75, 3.05) is 33.2 Å². The Balaban J connectivity index is 2.26. The lowest BCUT2D eigenvalue weighted by atomic mass is 10.1. The number of nitrogens with zero attached hydrogens (tertiary/aromatic N) is 2. The van der Waals surface area contributed by atoms with E-state index in [1.807, 2.05) is 11.9 Å². The van der Waals surface area contributed by atoms with Gasteiger partial charge < -0.3 is 10.6 Å². The van der Waals surface area contributed by atoms with Crippen LogP contribution in [0.3, 0.4) is 0 Å². The van der Waals surface area contributed by atoms with Gasteiger partial charge in [-0.05, 0) is 25.8 Å². The standard InChI is InChI=1S/C12H25N3O/c1-3-4-7-14(2)12(16)10-15-8-5-6-11(13)9-15/h11H,3-10,13H2,1-2H3/t11-/m0/s1. The van der Waals surface area contributed by atoms with Crippen LogP contribution in [0.5, 0.6) is 0 Å². The highest BCUT2D eigenvalue weighted by molar-refractivity contribution is 5.77. The van der Waals surface area contributed by atoms with Gasteiger partial charge >= 0.3 is 0 Å². The molecule has 1 saturated heterocycles. The maximum atomic E-state index is 11.9. The molecule has 0 saturated carbocycles. The van der Waals surface area contributed by atoms with Crippen LogP contribution in [0.2, 0.25) is 0 Å². The molecule has 1 fully saturated rings. The Kier molecular flexibility index (Phi) is 5.77. The third kappa shape index (κ3) is 4.49. The summed E-state index contributed by atoms with van der Waals surface area (Å²) < 4.78 is 0. The zero-order valence-corrected chi connectivity index (χ0v) is 10.6. The summed E-state index contributed by atoms with van der Waals surface area (Å²) in [5, 5.41) is 0. The monoisotopic (exact) mass is 227 g/mol. The molecule has 0 aromatic carbocycles. The van der Waals surface area contributed by atoms with Crippen LogP contribution in [0.25, 0.3) is 0 Å². The van der Waals surface area contributed by atoms with Crippen molar-refractivity contribution in [1.29, 1.82) is 0 Å². The Bertz CT molecular complexity index is 220. The number of piperidine rings is 1. The van der Waals surface area contributed by atoms with E-state index in [-0.39, 0.29) is 11.9 Å². The molecule has 1 atom stereocenters. The van der Waals surface area contributed by atoms with Crippen molar-refractivity contribution < 1.29 is 4.79 Å². The highest BCUT2D eigenvalue weighted by Gasteiger charge is 2.20. The summed E-state index contributed by atoms with van der Waals surface area (Å²) in [6.07, 6.45) is 4.43. The first kappa shape index (κ1) is 13.5. The number of nitrogens with two attached hydrogens (primary N) is 1. The molecule has 2 N–H and O–H groups in total. The molecule has 1 aliphatic rings. The number of hydrogen-bond acceptors (Lipinski definition) is 3. The molecule has 0 spiro atoms. The van der Waals surface area contributed by atoms with Gasteiger partial charge in [-0.3, -0.25) is 9.69 Å². The lowest BCUT2D eigenvalue weighted by molar-refractivity contribution is -0.131. The van der Waals surface area contributed by atoms with Crippen molar-refractivity contribution in [3.05, 3.63) is 0 Å². The second kappa shape index (κ2) is 6.86. The fourth-order valence-electron chi connectivity index (χ4n) is 2.07.